The molecule has 1 N–H and O–H groups in total. The summed E-state index contributed by atoms with van der Waals surface area (Å²) in [6.45, 7) is 0.741. The standard InChI is InChI=1S/C21H17F2N7O2/c22-14-3-4-18(25-11-14)27-21(31)32-17-12-26-30-7-5-19(28-20(17)30)29-6-1-2-16(29)13-8-15(23)10-24-9-13/h3-5,7-12,16H,1-2,6H2,(H,25,27,31)/t16-/m1/s1. The van der Waals surface area contributed by atoms with Crippen LogP contribution in [-0.4, -0.2) is 37.2 Å². The predicted octanol–water partition coefficient (Wildman–Crippen LogP) is 3.75. The van der Waals surface area contributed by atoms with Crippen LogP contribution >= 0.6 is 0 Å². The molecule has 5 rings (SSSR count). The molecule has 0 bridgehead atoms. The van der Waals surface area contributed by atoms with E-state index in [-0.39, 0.29) is 23.4 Å². The number of ether oxygens (including phenoxy) is 1. The van der Waals surface area contributed by atoms with Crippen LogP contribution in [-0.2, 0) is 0 Å². The number of aromatic nitrogens is 5. The second-order valence-corrected chi connectivity index (χ2v) is 7.23. The molecule has 0 aromatic carbocycles. The van der Waals surface area contributed by atoms with Crippen molar-refractivity contribution in [3.05, 3.63) is 72.4 Å². The van der Waals surface area contributed by atoms with Crippen LogP contribution in [0.5, 0.6) is 5.75 Å². The third kappa shape index (κ3) is 3.92. The molecule has 1 aliphatic rings. The van der Waals surface area contributed by atoms with E-state index in [1.165, 1.54) is 35.1 Å². The monoisotopic (exact) mass is 437 g/mol. The van der Waals surface area contributed by atoms with Gasteiger partial charge in [-0.15, -0.1) is 0 Å². The van der Waals surface area contributed by atoms with Gasteiger partial charge in [-0.3, -0.25) is 10.3 Å². The second kappa shape index (κ2) is 8.17. The Morgan fingerprint density at radius 1 is 1.12 bits per heavy atom. The van der Waals surface area contributed by atoms with Gasteiger partial charge in [0.1, 0.15) is 23.3 Å². The molecule has 1 aliphatic heterocycles. The summed E-state index contributed by atoms with van der Waals surface area (Å²) in [7, 11) is 0. The summed E-state index contributed by atoms with van der Waals surface area (Å²) in [6.07, 6.45) is 7.86. The van der Waals surface area contributed by atoms with Gasteiger partial charge < -0.3 is 9.64 Å². The van der Waals surface area contributed by atoms with Crippen molar-refractivity contribution in [3.63, 3.8) is 0 Å². The lowest BCUT2D eigenvalue weighted by Gasteiger charge is -2.26. The number of carbonyl (C=O) groups excluding carboxylic acids is 1. The Labute approximate surface area is 180 Å². The average molecular weight is 437 g/mol. The summed E-state index contributed by atoms with van der Waals surface area (Å²) in [4.78, 5) is 26.6. The van der Waals surface area contributed by atoms with E-state index < -0.39 is 11.9 Å². The Bertz CT molecular complexity index is 1280. The molecule has 162 valence electrons. The van der Waals surface area contributed by atoms with Crippen molar-refractivity contribution in [3.8, 4) is 5.75 Å². The Kier molecular flexibility index (Phi) is 5.06. The third-order valence-corrected chi connectivity index (χ3v) is 5.14. The van der Waals surface area contributed by atoms with Gasteiger partial charge in [0.05, 0.1) is 24.6 Å². The van der Waals surface area contributed by atoms with Crippen molar-refractivity contribution in [1.82, 2.24) is 24.6 Å². The molecule has 9 nitrogen and oxygen atoms in total. The van der Waals surface area contributed by atoms with E-state index in [0.717, 1.165) is 31.1 Å². The molecule has 5 heterocycles. The van der Waals surface area contributed by atoms with E-state index in [0.29, 0.717) is 11.5 Å². The predicted molar refractivity (Wildman–Crippen MR) is 110 cm³/mol. The summed E-state index contributed by atoms with van der Waals surface area (Å²) in [5, 5.41) is 6.57. The first-order chi connectivity index (χ1) is 15.6. The summed E-state index contributed by atoms with van der Waals surface area (Å²) in [6, 6.07) is 5.71. The van der Waals surface area contributed by atoms with E-state index in [9.17, 15) is 13.6 Å². The number of nitrogens with zero attached hydrogens (tertiary/aromatic N) is 6. The fourth-order valence-electron chi connectivity index (χ4n) is 3.75. The van der Waals surface area contributed by atoms with E-state index in [2.05, 4.69) is 30.3 Å². The quantitative estimate of drug-likeness (QED) is 0.519. The van der Waals surface area contributed by atoms with Crippen LogP contribution in [0, 0.1) is 11.6 Å². The maximum absolute atomic E-state index is 13.7. The van der Waals surface area contributed by atoms with E-state index in [1.54, 1.807) is 18.5 Å². The third-order valence-electron chi connectivity index (χ3n) is 5.14. The van der Waals surface area contributed by atoms with Crippen LogP contribution in [0.1, 0.15) is 24.4 Å². The maximum atomic E-state index is 13.7. The molecule has 4 aromatic heterocycles. The molecule has 1 fully saturated rings. The topological polar surface area (TPSA) is 97.5 Å². The zero-order chi connectivity index (χ0) is 22.1. The largest absolute Gasteiger partial charge is 0.418 e. The number of anilines is 2. The van der Waals surface area contributed by atoms with Crippen molar-refractivity contribution < 1.29 is 18.3 Å². The summed E-state index contributed by atoms with van der Waals surface area (Å²) in [5.41, 5.74) is 1.12. The number of rotatable bonds is 4. The van der Waals surface area contributed by atoms with Crippen molar-refractivity contribution in [2.75, 3.05) is 16.8 Å². The van der Waals surface area contributed by atoms with Crippen LogP contribution in [0.15, 0.2) is 55.2 Å². The Morgan fingerprint density at radius 2 is 2.03 bits per heavy atom. The highest BCUT2D eigenvalue weighted by Gasteiger charge is 2.28. The van der Waals surface area contributed by atoms with Gasteiger partial charge in [0, 0.05) is 18.9 Å². The fraction of sp³-hybridized carbons (Fsp3) is 0.190. The second-order valence-electron chi connectivity index (χ2n) is 7.23. The van der Waals surface area contributed by atoms with Crippen LogP contribution in [0.2, 0.25) is 0 Å². The lowest BCUT2D eigenvalue weighted by molar-refractivity contribution is 0.215. The number of pyridine rings is 2. The number of halogens is 2. The van der Waals surface area contributed by atoms with Crippen LogP contribution in [0.3, 0.4) is 0 Å². The lowest BCUT2D eigenvalue weighted by atomic mass is 10.1. The number of hydrogen-bond acceptors (Lipinski definition) is 7. The van der Waals surface area contributed by atoms with Gasteiger partial charge in [0.15, 0.2) is 5.75 Å². The molecule has 1 saturated heterocycles. The normalized spacial score (nSPS) is 15.8. The highest BCUT2D eigenvalue weighted by Crippen LogP contribution is 2.35. The molecule has 0 unspecified atom stereocenters. The van der Waals surface area contributed by atoms with Crippen LogP contribution in [0.4, 0.5) is 25.2 Å². The van der Waals surface area contributed by atoms with Gasteiger partial charge >= 0.3 is 6.09 Å². The van der Waals surface area contributed by atoms with Crippen molar-refractivity contribution >= 4 is 23.4 Å². The highest BCUT2D eigenvalue weighted by molar-refractivity contribution is 5.86. The van der Waals surface area contributed by atoms with Gasteiger partial charge in [-0.1, -0.05) is 0 Å². The van der Waals surface area contributed by atoms with Crippen molar-refractivity contribution in [1.29, 1.82) is 0 Å². The molecule has 11 heteroatoms. The van der Waals surface area contributed by atoms with Gasteiger partial charge in [0.2, 0.25) is 5.65 Å². The van der Waals surface area contributed by atoms with E-state index in [1.807, 2.05) is 0 Å². The molecule has 0 radical (unpaired) electrons. The fourth-order valence-corrected chi connectivity index (χ4v) is 3.75. The van der Waals surface area contributed by atoms with E-state index in [4.69, 9.17) is 4.74 Å². The first-order valence-electron chi connectivity index (χ1n) is 9.89. The molecule has 4 aromatic rings. The molecule has 0 aliphatic carbocycles. The number of hydrogen-bond donors (Lipinski definition) is 1. The van der Waals surface area contributed by atoms with Gasteiger partial charge in [-0.25, -0.2) is 28.1 Å². The number of nitrogens with one attached hydrogen (secondary N) is 1. The molecule has 32 heavy (non-hydrogen) atoms. The van der Waals surface area contributed by atoms with Crippen molar-refractivity contribution in [2.45, 2.75) is 18.9 Å². The Morgan fingerprint density at radius 3 is 2.84 bits per heavy atom. The average Bonchev–Trinajstić information content (AvgIpc) is 3.43. The molecule has 0 saturated carbocycles. The minimum atomic E-state index is -0.809. The Hall–Kier alpha value is -4.15. The van der Waals surface area contributed by atoms with Crippen molar-refractivity contribution in [2.24, 2.45) is 0 Å². The summed E-state index contributed by atoms with van der Waals surface area (Å²) in [5.74, 6) is 0.0402. The summed E-state index contributed by atoms with van der Waals surface area (Å²) >= 11 is 0. The molecular formula is C21H17F2N7O2. The van der Waals surface area contributed by atoms with Gasteiger partial charge in [-0.2, -0.15) is 5.10 Å². The van der Waals surface area contributed by atoms with E-state index >= 15 is 0 Å². The molecule has 1 amide bonds. The summed E-state index contributed by atoms with van der Waals surface area (Å²) < 4.78 is 33.5. The molecular weight excluding hydrogens is 420 g/mol. The SMILES string of the molecule is O=C(Nc1ccc(F)cn1)Oc1cnn2ccc(N3CCC[C@@H]3c3cncc(F)c3)nc12. The molecule has 0 spiro atoms. The number of fused-ring (bicyclic) bond motifs is 1. The number of carbonyl (C=O) groups is 1. The minimum Gasteiger partial charge on any atom is -0.404 e. The Balaban J connectivity index is 1.38. The first kappa shape index (κ1) is 19.8. The minimum absolute atomic E-state index is 0.0618. The van der Waals surface area contributed by atoms with Gasteiger partial charge in [0.25, 0.3) is 0 Å². The zero-order valence-corrected chi connectivity index (χ0v) is 16.7. The van der Waals surface area contributed by atoms with Crippen LogP contribution in [0.25, 0.3) is 5.65 Å². The lowest BCUT2D eigenvalue weighted by Crippen LogP contribution is -2.24. The smallest absolute Gasteiger partial charge is 0.404 e. The first-order valence-corrected chi connectivity index (χ1v) is 9.89. The van der Waals surface area contributed by atoms with Crippen LogP contribution < -0.4 is 15.0 Å². The zero-order valence-electron chi connectivity index (χ0n) is 16.7. The number of amides is 1. The maximum Gasteiger partial charge on any atom is 0.418 e. The highest BCUT2D eigenvalue weighted by atomic mass is 19.1. The molecule has 1 atom stereocenters. The van der Waals surface area contributed by atoms with Gasteiger partial charge in [-0.05, 0) is 42.7 Å².